The maximum absolute atomic E-state index is 6.79. The molecule has 0 aromatic heterocycles. The van der Waals surface area contributed by atoms with Gasteiger partial charge in [-0.3, -0.25) is 0 Å². The molecular weight excluding hydrogens is 340 g/mol. The molecule has 1 aromatic rings. The van der Waals surface area contributed by atoms with Gasteiger partial charge in [-0.1, -0.05) is 27.7 Å². The van der Waals surface area contributed by atoms with E-state index in [9.17, 15) is 0 Å². The Morgan fingerprint density at radius 3 is 1.95 bits per heavy atom. The summed E-state index contributed by atoms with van der Waals surface area (Å²) >= 11 is 10.3. The molecule has 4 heteroatoms. The quantitative estimate of drug-likeness (QED) is 0.666. The number of ether oxygens (including phenoxy) is 2. The van der Waals surface area contributed by atoms with Gasteiger partial charge in [-0.05, 0) is 44.8 Å². The molecular formula is C16H22BrClO2. The zero-order chi connectivity index (χ0) is 15.3. The highest BCUT2D eigenvalue weighted by molar-refractivity contribution is 9.10. The Morgan fingerprint density at radius 2 is 1.55 bits per heavy atom. The fraction of sp³-hybridized carbons (Fsp3) is 0.625. The SMILES string of the molecule is COc1cc(C(Cl)C2C(C)(C)C2(C)C)c(OC)cc1Br. The molecule has 1 aliphatic rings. The van der Waals surface area contributed by atoms with Crippen LogP contribution < -0.4 is 9.47 Å². The van der Waals surface area contributed by atoms with E-state index in [2.05, 4.69) is 43.6 Å². The van der Waals surface area contributed by atoms with Gasteiger partial charge in [0.2, 0.25) is 0 Å². The molecule has 112 valence electrons. The van der Waals surface area contributed by atoms with E-state index in [1.165, 1.54) is 0 Å². The van der Waals surface area contributed by atoms with Crippen molar-refractivity contribution < 1.29 is 9.47 Å². The van der Waals surface area contributed by atoms with Crippen LogP contribution in [0.25, 0.3) is 0 Å². The topological polar surface area (TPSA) is 18.5 Å². The molecule has 0 heterocycles. The number of hydrogen-bond acceptors (Lipinski definition) is 2. The van der Waals surface area contributed by atoms with Crippen LogP contribution >= 0.6 is 27.5 Å². The molecule has 0 spiro atoms. The summed E-state index contributed by atoms with van der Waals surface area (Å²) in [6.45, 7) is 9.09. The van der Waals surface area contributed by atoms with Crippen LogP contribution in [0.4, 0.5) is 0 Å². The molecule has 2 rings (SSSR count). The second-order valence-electron chi connectivity index (χ2n) is 6.55. The summed E-state index contributed by atoms with van der Waals surface area (Å²) in [6.07, 6.45) is 0. The Hall–Kier alpha value is -0.410. The maximum Gasteiger partial charge on any atom is 0.133 e. The third-order valence-electron chi connectivity index (χ3n) is 5.23. The van der Waals surface area contributed by atoms with Crippen molar-refractivity contribution in [2.24, 2.45) is 16.7 Å². The van der Waals surface area contributed by atoms with E-state index >= 15 is 0 Å². The highest BCUT2D eigenvalue weighted by Crippen LogP contribution is 2.74. The third-order valence-corrected chi connectivity index (χ3v) is 6.33. The van der Waals surface area contributed by atoms with E-state index in [0.717, 1.165) is 21.5 Å². The fourth-order valence-electron chi connectivity index (χ4n) is 3.26. The molecule has 0 radical (unpaired) electrons. The molecule has 0 amide bonds. The lowest BCUT2D eigenvalue weighted by molar-refractivity contribution is 0.393. The first-order valence-electron chi connectivity index (χ1n) is 6.74. The monoisotopic (exact) mass is 360 g/mol. The van der Waals surface area contributed by atoms with Gasteiger partial charge in [0.15, 0.2) is 0 Å². The van der Waals surface area contributed by atoms with Crippen LogP contribution in [0.15, 0.2) is 16.6 Å². The number of hydrogen-bond donors (Lipinski definition) is 0. The largest absolute Gasteiger partial charge is 0.496 e. The van der Waals surface area contributed by atoms with E-state index in [-0.39, 0.29) is 16.2 Å². The van der Waals surface area contributed by atoms with Crippen LogP contribution in [-0.4, -0.2) is 14.2 Å². The van der Waals surface area contributed by atoms with Gasteiger partial charge >= 0.3 is 0 Å². The molecule has 20 heavy (non-hydrogen) atoms. The lowest BCUT2D eigenvalue weighted by Gasteiger charge is -2.18. The van der Waals surface area contributed by atoms with Crippen LogP contribution in [0.2, 0.25) is 0 Å². The summed E-state index contributed by atoms with van der Waals surface area (Å²) in [4.78, 5) is 0. The Bertz CT molecular complexity index is 511. The van der Waals surface area contributed by atoms with Crippen molar-refractivity contribution in [2.75, 3.05) is 14.2 Å². The molecule has 1 aromatic carbocycles. The highest BCUT2D eigenvalue weighted by atomic mass is 79.9. The predicted octanol–water partition coefficient (Wildman–Crippen LogP) is 5.43. The Balaban J connectivity index is 2.43. The van der Waals surface area contributed by atoms with Gasteiger partial charge in [0.05, 0.1) is 24.1 Å². The summed E-state index contributed by atoms with van der Waals surface area (Å²) in [5, 5.41) is -0.0862. The van der Waals surface area contributed by atoms with Crippen molar-refractivity contribution in [1.29, 1.82) is 0 Å². The summed E-state index contributed by atoms with van der Waals surface area (Å²) in [5.74, 6) is 2.00. The van der Waals surface area contributed by atoms with E-state index in [4.69, 9.17) is 21.1 Å². The second kappa shape index (κ2) is 5.10. The first kappa shape index (κ1) is 16.0. The fourth-order valence-corrected chi connectivity index (χ4v) is 4.54. The van der Waals surface area contributed by atoms with Crippen molar-refractivity contribution in [3.8, 4) is 11.5 Å². The van der Waals surface area contributed by atoms with Gasteiger partial charge in [-0.25, -0.2) is 0 Å². The zero-order valence-electron chi connectivity index (χ0n) is 12.9. The van der Waals surface area contributed by atoms with Gasteiger partial charge in [-0.15, -0.1) is 11.6 Å². The van der Waals surface area contributed by atoms with Crippen LogP contribution in [0, 0.1) is 16.7 Å². The summed E-state index contributed by atoms with van der Waals surface area (Å²) in [6, 6.07) is 3.90. The third kappa shape index (κ3) is 2.23. The first-order chi connectivity index (χ1) is 9.18. The Morgan fingerprint density at radius 1 is 1.05 bits per heavy atom. The summed E-state index contributed by atoms with van der Waals surface area (Å²) in [7, 11) is 3.33. The van der Waals surface area contributed by atoms with Crippen LogP contribution in [0.1, 0.15) is 38.6 Å². The van der Waals surface area contributed by atoms with Crippen molar-refractivity contribution in [3.05, 3.63) is 22.2 Å². The number of benzene rings is 1. The van der Waals surface area contributed by atoms with Gasteiger partial charge < -0.3 is 9.47 Å². The number of alkyl halides is 1. The van der Waals surface area contributed by atoms with E-state index < -0.39 is 0 Å². The average Bonchev–Trinajstić information content (AvgIpc) is 2.78. The number of halogens is 2. The van der Waals surface area contributed by atoms with E-state index in [0.29, 0.717) is 5.92 Å². The van der Waals surface area contributed by atoms with Crippen LogP contribution in [-0.2, 0) is 0 Å². The minimum Gasteiger partial charge on any atom is -0.496 e. The van der Waals surface area contributed by atoms with Crippen LogP contribution in [0.5, 0.6) is 11.5 Å². The normalized spacial score (nSPS) is 21.4. The van der Waals surface area contributed by atoms with Crippen LogP contribution in [0.3, 0.4) is 0 Å². The van der Waals surface area contributed by atoms with Crippen molar-refractivity contribution in [2.45, 2.75) is 33.1 Å². The second-order valence-corrected chi connectivity index (χ2v) is 7.88. The van der Waals surface area contributed by atoms with E-state index in [1.807, 2.05) is 12.1 Å². The molecule has 0 aliphatic heterocycles. The molecule has 2 nitrogen and oxygen atoms in total. The minimum absolute atomic E-state index is 0.0862. The Labute approximate surface area is 134 Å². The Kier molecular flexibility index (Phi) is 4.07. The summed E-state index contributed by atoms with van der Waals surface area (Å²) in [5.41, 5.74) is 1.45. The number of rotatable bonds is 4. The average molecular weight is 362 g/mol. The predicted molar refractivity (Wildman–Crippen MR) is 86.9 cm³/mol. The zero-order valence-corrected chi connectivity index (χ0v) is 15.2. The first-order valence-corrected chi connectivity index (χ1v) is 7.97. The molecule has 1 fully saturated rings. The van der Waals surface area contributed by atoms with Crippen molar-refractivity contribution in [1.82, 2.24) is 0 Å². The van der Waals surface area contributed by atoms with Gasteiger partial charge in [-0.2, -0.15) is 0 Å². The molecule has 1 atom stereocenters. The molecule has 1 aliphatic carbocycles. The lowest BCUT2D eigenvalue weighted by Crippen LogP contribution is -2.03. The molecule has 0 N–H and O–H groups in total. The number of methoxy groups -OCH3 is 2. The van der Waals surface area contributed by atoms with E-state index in [1.54, 1.807) is 14.2 Å². The van der Waals surface area contributed by atoms with Crippen molar-refractivity contribution >= 4 is 27.5 Å². The summed E-state index contributed by atoms with van der Waals surface area (Å²) < 4.78 is 11.7. The van der Waals surface area contributed by atoms with Gasteiger partial charge in [0, 0.05) is 5.56 Å². The standard InChI is InChI=1S/C16H22BrClO2/c1-15(2)14(16(15,3)4)13(18)9-7-12(20-6)10(17)8-11(9)19-5/h7-8,13-14H,1-6H3. The van der Waals surface area contributed by atoms with Crippen molar-refractivity contribution in [3.63, 3.8) is 0 Å². The maximum atomic E-state index is 6.79. The lowest BCUT2D eigenvalue weighted by atomic mass is 10.0. The molecule has 0 bridgehead atoms. The van der Waals surface area contributed by atoms with Gasteiger partial charge in [0.25, 0.3) is 0 Å². The van der Waals surface area contributed by atoms with Gasteiger partial charge in [0.1, 0.15) is 11.5 Å². The smallest absolute Gasteiger partial charge is 0.133 e. The highest BCUT2D eigenvalue weighted by Gasteiger charge is 2.67. The minimum atomic E-state index is -0.0862. The molecule has 1 unspecified atom stereocenters. The molecule has 1 saturated carbocycles. The molecule has 0 saturated heterocycles.